The lowest BCUT2D eigenvalue weighted by atomic mass is 9.96. The second-order valence-electron chi connectivity index (χ2n) is 4.08. The van der Waals surface area contributed by atoms with E-state index in [0.29, 0.717) is 11.6 Å². The van der Waals surface area contributed by atoms with Gasteiger partial charge >= 0.3 is 5.97 Å². The van der Waals surface area contributed by atoms with E-state index in [1.165, 1.54) is 0 Å². The average molecular weight is 242 g/mol. The summed E-state index contributed by atoms with van der Waals surface area (Å²) in [6.07, 6.45) is 0. The van der Waals surface area contributed by atoms with Gasteiger partial charge in [-0.15, -0.1) is 0 Å². The topological polar surface area (TPSA) is 49.3 Å². The van der Waals surface area contributed by atoms with Crippen LogP contribution in [0.15, 0.2) is 24.3 Å². The van der Waals surface area contributed by atoms with Crippen LogP contribution in [0.25, 0.3) is 0 Å². The van der Waals surface area contributed by atoms with Crippen LogP contribution in [-0.4, -0.2) is 17.6 Å². The number of benzene rings is 1. The highest BCUT2D eigenvalue weighted by molar-refractivity contribution is 6.30. The molecule has 88 valence electrons. The van der Waals surface area contributed by atoms with Gasteiger partial charge in [0, 0.05) is 17.3 Å². The molecule has 0 heterocycles. The number of hydrogen-bond acceptors (Lipinski definition) is 2. The van der Waals surface area contributed by atoms with Gasteiger partial charge in [-0.1, -0.05) is 31.5 Å². The van der Waals surface area contributed by atoms with Gasteiger partial charge in [0.15, 0.2) is 0 Å². The van der Waals surface area contributed by atoms with Crippen molar-refractivity contribution in [1.82, 2.24) is 0 Å². The summed E-state index contributed by atoms with van der Waals surface area (Å²) in [5, 5.41) is 12.7. The standard InChI is InChI=1S/C12H16ClNO2/c1-8(2)11(12(15)16)7-14-10-5-3-4-9(13)6-10/h3-6,8,11,14H,7H2,1-2H3,(H,15,16). The Bertz CT molecular complexity index is 366. The summed E-state index contributed by atoms with van der Waals surface area (Å²) in [6.45, 7) is 4.21. The summed E-state index contributed by atoms with van der Waals surface area (Å²) in [7, 11) is 0. The molecule has 0 spiro atoms. The maximum Gasteiger partial charge on any atom is 0.308 e. The van der Waals surface area contributed by atoms with Crippen LogP contribution in [-0.2, 0) is 4.79 Å². The maximum absolute atomic E-state index is 11.0. The molecule has 1 rings (SSSR count). The number of nitrogens with one attached hydrogen (secondary N) is 1. The quantitative estimate of drug-likeness (QED) is 0.833. The van der Waals surface area contributed by atoms with Gasteiger partial charge in [-0.05, 0) is 24.1 Å². The lowest BCUT2D eigenvalue weighted by molar-refractivity contribution is -0.142. The predicted octanol–water partition coefficient (Wildman–Crippen LogP) is 3.11. The molecule has 1 atom stereocenters. The number of halogens is 1. The van der Waals surface area contributed by atoms with Crippen LogP contribution in [0, 0.1) is 11.8 Å². The lowest BCUT2D eigenvalue weighted by Crippen LogP contribution is -2.27. The van der Waals surface area contributed by atoms with Crippen LogP contribution >= 0.6 is 11.6 Å². The van der Waals surface area contributed by atoms with Crippen molar-refractivity contribution in [1.29, 1.82) is 0 Å². The Morgan fingerprint density at radius 1 is 1.50 bits per heavy atom. The van der Waals surface area contributed by atoms with E-state index in [0.717, 1.165) is 5.69 Å². The highest BCUT2D eigenvalue weighted by atomic mass is 35.5. The number of hydrogen-bond donors (Lipinski definition) is 2. The molecule has 0 saturated carbocycles. The lowest BCUT2D eigenvalue weighted by Gasteiger charge is -2.17. The van der Waals surface area contributed by atoms with Gasteiger partial charge in [0.05, 0.1) is 5.92 Å². The molecule has 1 aromatic carbocycles. The highest BCUT2D eigenvalue weighted by Gasteiger charge is 2.20. The van der Waals surface area contributed by atoms with Gasteiger partial charge < -0.3 is 10.4 Å². The van der Waals surface area contributed by atoms with E-state index in [2.05, 4.69) is 5.32 Å². The molecule has 0 aliphatic carbocycles. The van der Waals surface area contributed by atoms with Crippen molar-refractivity contribution in [2.75, 3.05) is 11.9 Å². The number of aliphatic carboxylic acids is 1. The fourth-order valence-corrected chi connectivity index (χ4v) is 1.62. The van der Waals surface area contributed by atoms with Crippen LogP contribution in [0.3, 0.4) is 0 Å². The molecule has 0 bridgehead atoms. The Balaban J connectivity index is 2.59. The summed E-state index contributed by atoms with van der Waals surface area (Å²) in [5.74, 6) is -1.06. The average Bonchev–Trinajstić information content (AvgIpc) is 2.16. The third-order valence-electron chi connectivity index (χ3n) is 2.47. The highest BCUT2D eigenvalue weighted by Crippen LogP contribution is 2.17. The molecule has 1 unspecified atom stereocenters. The zero-order valence-electron chi connectivity index (χ0n) is 9.40. The Hall–Kier alpha value is -1.22. The molecular weight excluding hydrogens is 226 g/mol. The Labute approximate surface area is 100 Å². The van der Waals surface area contributed by atoms with E-state index in [4.69, 9.17) is 16.7 Å². The first-order valence-corrected chi connectivity index (χ1v) is 5.60. The van der Waals surface area contributed by atoms with Crippen LogP contribution in [0.2, 0.25) is 5.02 Å². The van der Waals surface area contributed by atoms with E-state index in [-0.39, 0.29) is 11.8 Å². The molecular formula is C12H16ClNO2. The second-order valence-corrected chi connectivity index (χ2v) is 4.52. The monoisotopic (exact) mass is 241 g/mol. The van der Waals surface area contributed by atoms with Gasteiger partial charge in [-0.3, -0.25) is 4.79 Å². The maximum atomic E-state index is 11.0. The van der Waals surface area contributed by atoms with Crippen molar-refractivity contribution in [3.63, 3.8) is 0 Å². The molecule has 0 radical (unpaired) electrons. The molecule has 0 aromatic heterocycles. The molecule has 0 aliphatic rings. The zero-order chi connectivity index (χ0) is 12.1. The third kappa shape index (κ3) is 3.74. The molecule has 3 nitrogen and oxygen atoms in total. The SMILES string of the molecule is CC(C)C(CNc1cccc(Cl)c1)C(=O)O. The minimum absolute atomic E-state index is 0.101. The zero-order valence-corrected chi connectivity index (χ0v) is 10.2. The van der Waals surface area contributed by atoms with Crippen molar-refractivity contribution in [2.45, 2.75) is 13.8 Å². The van der Waals surface area contributed by atoms with Crippen molar-refractivity contribution in [3.8, 4) is 0 Å². The fraction of sp³-hybridized carbons (Fsp3) is 0.417. The second kappa shape index (κ2) is 5.75. The van der Waals surface area contributed by atoms with Crippen LogP contribution in [0.1, 0.15) is 13.8 Å². The smallest absolute Gasteiger partial charge is 0.308 e. The van der Waals surface area contributed by atoms with E-state index in [9.17, 15) is 4.79 Å². The summed E-state index contributed by atoms with van der Waals surface area (Å²) >= 11 is 5.83. The summed E-state index contributed by atoms with van der Waals surface area (Å²) in [6, 6.07) is 7.26. The minimum Gasteiger partial charge on any atom is -0.481 e. The van der Waals surface area contributed by atoms with Gasteiger partial charge in [-0.25, -0.2) is 0 Å². The number of rotatable bonds is 5. The largest absolute Gasteiger partial charge is 0.481 e. The fourth-order valence-electron chi connectivity index (χ4n) is 1.43. The van der Waals surface area contributed by atoms with Gasteiger partial charge in [0.25, 0.3) is 0 Å². The van der Waals surface area contributed by atoms with Crippen LogP contribution in [0.4, 0.5) is 5.69 Å². The number of carboxylic acid groups (broad SMARTS) is 1. The molecule has 0 fully saturated rings. The molecule has 4 heteroatoms. The van der Waals surface area contributed by atoms with Crippen LogP contribution in [0.5, 0.6) is 0 Å². The third-order valence-corrected chi connectivity index (χ3v) is 2.71. The van der Waals surface area contributed by atoms with Crippen molar-refractivity contribution in [2.24, 2.45) is 11.8 Å². The predicted molar refractivity (Wildman–Crippen MR) is 65.9 cm³/mol. The van der Waals surface area contributed by atoms with E-state index >= 15 is 0 Å². The first kappa shape index (κ1) is 12.8. The van der Waals surface area contributed by atoms with Crippen LogP contribution < -0.4 is 5.32 Å². The van der Waals surface area contributed by atoms with Gasteiger partial charge in [-0.2, -0.15) is 0 Å². The van der Waals surface area contributed by atoms with E-state index < -0.39 is 5.97 Å². The molecule has 0 amide bonds. The van der Waals surface area contributed by atoms with Gasteiger partial charge in [0.1, 0.15) is 0 Å². The minimum atomic E-state index is -0.774. The number of anilines is 1. The molecule has 0 saturated heterocycles. The van der Waals surface area contributed by atoms with Gasteiger partial charge in [0.2, 0.25) is 0 Å². The molecule has 1 aromatic rings. The first-order valence-electron chi connectivity index (χ1n) is 5.23. The summed E-state index contributed by atoms with van der Waals surface area (Å²) in [5.41, 5.74) is 0.847. The molecule has 2 N–H and O–H groups in total. The van der Waals surface area contributed by atoms with E-state index in [1.54, 1.807) is 12.1 Å². The Kier molecular flexibility index (Phi) is 4.62. The summed E-state index contributed by atoms with van der Waals surface area (Å²) < 4.78 is 0. The normalized spacial score (nSPS) is 12.5. The molecule has 0 aliphatic heterocycles. The van der Waals surface area contributed by atoms with Crippen molar-refractivity contribution in [3.05, 3.63) is 29.3 Å². The Morgan fingerprint density at radius 3 is 2.69 bits per heavy atom. The number of carbonyl (C=O) groups is 1. The first-order chi connectivity index (χ1) is 7.50. The summed E-state index contributed by atoms with van der Waals surface area (Å²) in [4.78, 5) is 11.0. The van der Waals surface area contributed by atoms with Crippen molar-refractivity contribution < 1.29 is 9.90 Å². The molecule has 16 heavy (non-hydrogen) atoms. The number of carboxylic acids is 1. The van der Waals surface area contributed by atoms with Crippen molar-refractivity contribution >= 4 is 23.3 Å². The van der Waals surface area contributed by atoms with E-state index in [1.807, 2.05) is 26.0 Å². The Morgan fingerprint density at radius 2 is 2.19 bits per heavy atom.